The molecule has 3 nitrogen and oxygen atoms in total. The van der Waals surface area contributed by atoms with Crippen molar-refractivity contribution in [1.82, 2.24) is 5.14 Å². The van der Waals surface area contributed by atoms with Gasteiger partial charge in [0.1, 0.15) is 10.5 Å². The molecule has 1 heterocycles. The molecule has 1 aromatic carbocycles. The molecule has 5 heteroatoms. The Morgan fingerprint density at radius 3 is 2.75 bits per heavy atom. The molecule has 0 amide bonds. The Hall–Kier alpha value is -0.520. The molecule has 1 atom stereocenters. The molecule has 110 valence electrons. The first-order chi connectivity index (χ1) is 9.49. The van der Waals surface area contributed by atoms with Crippen molar-refractivity contribution in [3.8, 4) is 5.75 Å². The van der Waals surface area contributed by atoms with Crippen LogP contribution in [0.2, 0.25) is 0 Å². The van der Waals surface area contributed by atoms with Gasteiger partial charge in [-0.25, -0.2) is 0 Å². The number of hydrogen-bond donors (Lipinski definition) is 0. The highest BCUT2D eigenvalue weighted by Gasteiger charge is 2.39. The Morgan fingerprint density at radius 2 is 2.15 bits per heavy atom. The standard InChI is InChI=1S/C15H22N2OS2/c1-5-6-10-18-11-8-7-9-12-13(11)17(15(2,3)4)14(19-12)20-16/h7-9,14H,5-6,10H2,1-4H3. The Kier molecular flexibility index (Phi) is 5.15. The van der Waals surface area contributed by atoms with Gasteiger partial charge in [0.15, 0.2) is 0 Å². The Bertz CT molecular complexity index is 460. The first-order valence-corrected chi connectivity index (χ1v) is 8.72. The number of fused-ring (bicyclic) bond motifs is 1. The van der Waals surface area contributed by atoms with Gasteiger partial charge >= 0.3 is 0 Å². The highest BCUT2D eigenvalue weighted by molar-refractivity contribution is 8.16. The van der Waals surface area contributed by atoms with E-state index in [0.29, 0.717) is 0 Å². The van der Waals surface area contributed by atoms with Gasteiger partial charge in [0.25, 0.3) is 0 Å². The van der Waals surface area contributed by atoms with Crippen LogP contribution in [0.25, 0.3) is 0 Å². The largest absolute Gasteiger partial charge is 0.491 e. The third-order valence-corrected chi connectivity index (χ3v) is 5.14. The molecular weight excluding hydrogens is 288 g/mol. The number of unbranched alkanes of at least 4 members (excludes halogenated alkanes) is 1. The van der Waals surface area contributed by atoms with Crippen LogP contribution < -0.4 is 14.8 Å². The average Bonchev–Trinajstić information content (AvgIpc) is 2.78. The van der Waals surface area contributed by atoms with Gasteiger partial charge in [0.2, 0.25) is 0 Å². The van der Waals surface area contributed by atoms with Crippen molar-refractivity contribution in [2.45, 2.75) is 55.7 Å². The zero-order chi connectivity index (χ0) is 14.8. The second-order valence-electron chi connectivity index (χ2n) is 5.88. The van der Waals surface area contributed by atoms with Crippen LogP contribution in [0.5, 0.6) is 5.75 Å². The third kappa shape index (κ3) is 3.21. The van der Waals surface area contributed by atoms with Gasteiger partial charge < -0.3 is 9.64 Å². The summed E-state index contributed by atoms with van der Waals surface area (Å²) in [4.78, 5) is 3.43. The molecule has 0 fully saturated rings. The Labute approximate surface area is 130 Å². The number of anilines is 1. The number of para-hydroxylation sites is 1. The molecule has 1 aliphatic rings. The molecule has 2 rings (SSSR count). The summed E-state index contributed by atoms with van der Waals surface area (Å²) in [6, 6.07) is 6.15. The number of nitrogens with zero attached hydrogens (tertiary/aromatic N) is 2. The van der Waals surface area contributed by atoms with Crippen LogP contribution in [0.3, 0.4) is 0 Å². The van der Waals surface area contributed by atoms with Crippen molar-refractivity contribution in [1.29, 1.82) is 0 Å². The van der Waals surface area contributed by atoms with Crippen LogP contribution in [-0.2, 0) is 0 Å². The quantitative estimate of drug-likeness (QED) is 0.589. The number of benzene rings is 1. The molecule has 2 radical (unpaired) electrons. The average molecular weight is 310 g/mol. The Balaban J connectivity index is 2.34. The van der Waals surface area contributed by atoms with E-state index < -0.39 is 0 Å². The summed E-state index contributed by atoms with van der Waals surface area (Å²) in [7, 11) is 0. The van der Waals surface area contributed by atoms with Crippen LogP contribution in [0.1, 0.15) is 40.5 Å². The molecule has 0 aromatic heterocycles. The lowest BCUT2D eigenvalue weighted by molar-refractivity contribution is 0.308. The van der Waals surface area contributed by atoms with E-state index in [0.717, 1.165) is 42.8 Å². The van der Waals surface area contributed by atoms with Gasteiger partial charge in [0.05, 0.1) is 12.3 Å². The van der Waals surface area contributed by atoms with Gasteiger partial charge in [-0.1, -0.05) is 36.3 Å². The fraction of sp³-hybridized carbons (Fsp3) is 0.600. The normalized spacial score (nSPS) is 18.2. The number of thioether (sulfide) groups is 1. The molecule has 1 aromatic rings. The summed E-state index contributed by atoms with van der Waals surface area (Å²) in [5.74, 6) is 0.926. The predicted octanol–water partition coefficient (Wildman–Crippen LogP) is 4.58. The molecule has 1 unspecified atom stereocenters. The summed E-state index contributed by atoms with van der Waals surface area (Å²) < 4.78 is 5.95. The minimum absolute atomic E-state index is 0.0130. The van der Waals surface area contributed by atoms with E-state index in [9.17, 15) is 5.14 Å². The van der Waals surface area contributed by atoms with Gasteiger partial charge in [-0.2, -0.15) is 0 Å². The molecule has 0 aliphatic carbocycles. The third-order valence-electron chi connectivity index (χ3n) is 3.21. The minimum atomic E-state index is -0.0666. The van der Waals surface area contributed by atoms with E-state index in [1.807, 2.05) is 12.1 Å². The summed E-state index contributed by atoms with van der Waals surface area (Å²) in [5, 5.41) is 9.59. The molecular formula is C15H22N2OS2. The molecule has 0 saturated carbocycles. The fourth-order valence-electron chi connectivity index (χ4n) is 2.26. The monoisotopic (exact) mass is 310 g/mol. The second kappa shape index (κ2) is 6.50. The Morgan fingerprint density at radius 1 is 1.40 bits per heavy atom. The molecule has 0 saturated heterocycles. The minimum Gasteiger partial charge on any atom is -0.491 e. The zero-order valence-electron chi connectivity index (χ0n) is 12.5. The van der Waals surface area contributed by atoms with Crippen LogP contribution in [0.15, 0.2) is 23.1 Å². The predicted molar refractivity (Wildman–Crippen MR) is 88.4 cm³/mol. The first kappa shape index (κ1) is 15.9. The van der Waals surface area contributed by atoms with Crippen molar-refractivity contribution >= 4 is 29.4 Å². The van der Waals surface area contributed by atoms with E-state index in [4.69, 9.17) is 4.74 Å². The number of ether oxygens (including phenoxy) is 1. The van der Waals surface area contributed by atoms with Gasteiger partial charge in [-0.3, -0.25) is 0 Å². The number of hydrogen-bond acceptors (Lipinski definition) is 4. The van der Waals surface area contributed by atoms with Crippen LogP contribution in [0.4, 0.5) is 5.69 Å². The second-order valence-corrected chi connectivity index (χ2v) is 7.95. The topological polar surface area (TPSA) is 34.8 Å². The summed E-state index contributed by atoms with van der Waals surface area (Å²) in [6.45, 7) is 9.39. The fourth-order valence-corrected chi connectivity index (χ4v) is 4.48. The van der Waals surface area contributed by atoms with Crippen LogP contribution in [-0.4, -0.2) is 16.9 Å². The lowest BCUT2D eigenvalue weighted by atomic mass is 10.1. The first-order valence-electron chi connectivity index (χ1n) is 7.01. The van der Waals surface area contributed by atoms with Gasteiger partial charge in [-0.05, 0) is 51.3 Å². The van der Waals surface area contributed by atoms with Crippen molar-refractivity contribution in [2.24, 2.45) is 0 Å². The lowest BCUT2D eigenvalue weighted by Gasteiger charge is -2.38. The molecule has 0 spiro atoms. The summed E-state index contributed by atoms with van der Waals surface area (Å²) in [6.07, 6.45) is 2.19. The van der Waals surface area contributed by atoms with Gasteiger partial charge in [-0.15, -0.1) is 0 Å². The molecule has 20 heavy (non-hydrogen) atoms. The summed E-state index contributed by atoms with van der Waals surface area (Å²) in [5.41, 5.74) is 1.05. The maximum atomic E-state index is 9.59. The summed E-state index contributed by atoms with van der Waals surface area (Å²) >= 11 is 2.58. The van der Waals surface area contributed by atoms with Crippen LogP contribution >= 0.6 is 23.7 Å². The number of rotatable bonds is 5. The van der Waals surface area contributed by atoms with Crippen molar-refractivity contribution in [2.75, 3.05) is 11.5 Å². The van der Waals surface area contributed by atoms with E-state index in [1.165, 1.54) is 4.90 Å². The SMILES string of the molecule is CCCCOc1cccc2c1N(C(C)(C)C)C(S[N])S2. The zero-order valence-corrected chi connectivity index (χ0v) is 14.2. The van der Waals surface area contributed by atoms with E-state index >= 15 is 0 Å². The molecule has 1 aliphatic heterocycles. The maximum Gasteiger partial charge on any atom is 0.144 e. The van der Waals surface area contributed by atoms with E-state index in [2.05, 4.69) is 38.7 Å². The maximum absolute atomic E-state index is 9.59. The molecule has 0 N–H and O–H groups in total. The highest BCUT2D eigenvalue weighted by Crippen LogP contribution is 2.53. The van der Waals surface area contributed by atoms with E-state index in [1.54, 1.807) is 11.8 Å². The lowest BCUT2D eigenvalue weighted by Crippen LogP contribution is -2.44. The van der Waals surface area contributed by atoms with Crippen molar-refractivity contribution in [3.63, 3.8) is 0 Å². The van der Waals surface area contributed by atoms with Gasteiger partial charge in [0, 0.05) is 10.4 Å². The van der Waals surface area contributed by atoms with Crippen LogP contribution in [0, 0.1) is 0 Å². The van der Waals surface area contributed by atoms with E-state index in [-0.39, 0.29) is 10.2 Å². The van der Waals surface area contributed by atoms with Crippen molar-refractivity contribution < 1.29 is 4.74 Å². The molecule has 0 bridgehead atoms. The highest BCUT2D eigenvalue weighted by atomic mass is 32.2. The smallest absolute Gasteiger partial charge is 0.144 e. The van der Waals surface area contributed by atoms with Crippen molar-refractivity contribution in [3.05, 3.63) is 18.2 Å².